The number of likely N-dealkylation sites (tertiary alicyclic amines) is 1. The number of fused-ring (bicyclic) bond motifs is 1. The van der Waals surface area contributed by atoms with Gasteiger partial charge in [0.1, 0.15) is 11.6 Å². The number of nitrogens with zero attached hydrogens (tertiary/aromatic N) is 4. The maximum absolute atomic E-state index is 4.48. The van der Waals surface area contributed by atoms with Gasteiger partial charge in [0.25, 0.3) is 0 Å². The van der Waals surface area contributed by atoms with E-state index in [-0.39, 0.29) is 0 Å². The van der Waals surface area contributed by atoms with E-state index in [1.54, 1.807) is 0 Å². The fourth-order valence-electron chi connectivity index (χ4n) is 3.61. The Labute approximate surface area is 131 Å². The molecule has 2 aliphatic heterocycles. The van der Waals surface area contributed by atoms with Crippen LogP contribution in [-0.4, -0.2) is 39.3 Å². The Morgan fingerprint density at radius 1 is 1.05 bits per heavy atom. The van der Waals surface area contributed by atoms with Gasteiger partial charge in [-0.15, -0.1) is 10.2 Å². The standard InChI is InChI=1S/C17H23N5/c1-2-4-14(5-3-1)13-21-9-6-15(7-10-21)17-20-19-16-12-18-8-11-22(16)17/h1-5,15,18H,6-13H2. The van der Waals surface area contributed by atoms with E-state index in [9.17, 15) is 0 Å². The molecule has 0 radical (unpaired) electrons. The molecule has 0 saturated carbocycles. The van der Waals surface area contributed by atoms with Gasteiger partial charge in [0.15, 0.2) is 0 Å². The average molecular weight is 297 g/mol. The van der Waals surface area contributed by atoms with Gasteiger partial charge in [-0.1, -0.05) is 30.3 Å². The molecule has 0 amide bonds. The number of aromatic nitrogens is 3. The Kier molecular flexibility index (Phi) is 3.91. The number of hydrogen-bond donors (Lipinski definition) is 1. The summed E-state index contributed by atoms with van der Waals surface area (Å²) < 4.78 is 2.34. The van der Waals surface area contributed by atoms with Crippen molar-refractivity contribution in [1.29, 1.82) is 0 Å². The number of nitrogens with one attached hydrogen (secondary N) is 1. The summed E-state index contributed by atoms with van der Waals surface area (Å²) in [6.45, 7) is 6.28. The van der Waals surface area contributed by atoms with Gasteiger partial charge in [-0.05, 0) is 31.5 Å². The van der Waals surface area contributed by atoms with Crippen molar-refractivity contribution in [2.24, 2.45) is 0 Å². The van der Waals surface area contributed by atoms with Gasteiger partial charge in [0.05, 0.1) is 6.54 Å². The molecule has 22 heavy (non-hydrogen) atoms. The summed E-state index contributed by atoms with van der Waals surface area (Å²) in [6.07, 6.45) is 2.39. The normalized spacial score (nSPS) is 20.0. The van der Waals surface area contributed by atoms with Gasteiger partial charge in [0.2, 0.25) is 0 Å². The minimum atomic E-state index is 0.575. The zero-order valence-electron chi connectivity index (χ0n) is 12.9. The van der Waals surface area contributed by atoms with E-state index in [0.29, 0.717) is 5.92 Å². The van der Waals surface area contributed by atoms with Crippen molar-refractivity contribution in [3.05, 3.63) is 47.5 Å². The smallest absolute Gasteiger partial charge is 0.147 e. The summed E-state index contributed by atoms with van der Waals surface area (Å²) in [5.74, 6) is 2.90. The van der Waals surface area contributed by atoms with Crippen molar-refractivity contribution in [3.8, 4) is 0 Å². The predicted molar refractivity (Wildman–Crippen MR) is 85.4 cm³/mol. The predicted octanol–water partition coefficient (Wildman–Crippen LogP) is 1.76. The van der Waals surface area contributed by atoms with Crippen LogP contribution in [0.5, 0.6) is 0 Å². The van der Waals surface area contributed by atoms with E-state index in [1.807, 2.05) is 0 Å². The third-order valence-electron chi connectivity index (χ3n) is 4.85. The summed E-state index contributed by atoms with van der Waals surface area (Å²) in [6, 6.07) is 10.8. The van der Waals surface area contributed by atoms with Gasteiger partial charge in [-0.2, -0.15) is 0 Å². The van der Waals surface area contributed by atoms with Crippen molar-refractivity contribution in [3.63, 3.8) is 0 Å². The molecule has 1 fully saturated rings. The highest BCUT2D eigenvalue weighted by molar-refractivity contribution is 5.14. The first-order valence-corrected chi connectivity index (χ1v) is 8.29. The molecule has 0 spiro atoms. The van der Waals surface area contributed by atoms with E-state index in [0.717, 1.165) is 45.1 Å². The highest BCUT2D eigenvalue weighted by Crippen LogP contribution is 2.28. The van der Waals surface area contributed by atoms with Crippen molar-refractivity contribution < 1.29 is 0 Å². The van der Waals surface area contributed by atoms with Crippen LogP contribution in [0.2, 0.25) is 0 Å². The van der Waals surface area contributed by atoms with Crippen LogP contribution in [0.1, 0.15) is 36.0 Å². The van der Waals surface area contributed by atoms with E-state index in [2.05, 4.69) is 55.3 Å². The van der Waals surface area contributed by atoms with Crippen LogP contribution in [0.4, 0.5) is 0 Å². The molecule has 1 aromatic carbocycles. The molecular weight excluding hydrogens is 274 g/mol. The van der Waals surface area contributed by atoms with Gasteiger partial charge in [-0.25, -0.2) is 0 Å². The Morgan fingerprint density at radius 3 is 2.68 bits per heavy atom. The molecular formula is C17H23N5. The number of hydrogen-bond acceptors (Lipinski definition) is 4. The van der Waals surface area contributed by atoms with Gasteiger partial charge < -0.3 is 9.88 Å². The second kappa shape index (κ2) is 6.18. The number of benzene rings is 1. The van der Waals surface area contributed by atoms with Gasteiger partial charge >= 0.3 is 0 Å². The molecule has 0 aliphatic carbocycles. The van der Waals surface area contributed by atoms with Crippen molar-refractivity contribution in [2.75, 3.05) is 19.6 Å². The Balaban J connectivity index is 1.39. The third kappa shape index (κ3) is 2.78. The molecule has 0 bridgehead atoms. The molecule has 5 heteroatoms. The molecule has 3 heterocycles. The maximum atomic E-state index is 4.48. The largest absolute Gasteiger partial charge is 0.312 e. The Bertz CT molecular complexity index is 613. The lowest BCUT2D eigenvalue weighted by molar-refractivity contribution is 0.199. The molecule has 116 valence electrons. The third-order valence-corrected chi connectivity index (χ3v) is 4.85. The lowest BCUT2D eigenvalue weighted by atomic mass is 9.95. The van der Waals surface area contributed by atoms with Crippen molar-refractivity contribution in [1.82, 2.24) is 25.0 Å². The highest BCUT2D eigenvalue weighted by Gasteiger charge is 2.26. The summed E-state index contributed by atoms with van der Waals surface area (Å²) in [5.41, 5.74) is 1.41. The summed E-state index contributed by atoms with van der Waals surface area (Å²) in [5, 5.41) is 12.2. The monoisotopic (exact) mass is 297 g/mol. The van der Waals surface area contributed by atoms with Crippen molar-refractivity contribution in [2.45, 2.75) is 38.4 Å². The molecule has 1 N–H and O–H groups in total. The van der Waals surface area contributed by atoms with Gasteiger partial charge in [0, 0.05) is 25.6 Å². The van der Waals surface area contributed by atoms with Gasteiger partial charge in [-0.3, -0.25) is 4.90 Å². The first-order valence-electron chi connectivity index (χ1n) is 8.29. The lowest BCUT2D eigenvalue weighted by Crippen LogP contribution is -2.34. The number of piperidine rings is 1. The van der Waals surface area contributed by atoms with Crippen LogP contribution < -0.4 is 5.32 Å². The maximum Gasteiger partial charge on any atom is 0.147 e. The zero-order chi connectivity index (χ0) is 14.8. The molecule has 0 atom stereocenters. The van der Waals surface area contributed by atoms with E-state index >= 15 is 0 Å². The van der Waals surface area contributed by atoms with Crippen LogP contribution in [0.3, 0.4) is 0 Å². The lowest BCUT2D eigenvalue weighted by Gasteiger charge is -2.32. The highest BCUT2D eigenvalue weighted by atomic mass is 15.3. The van der Waals surface area contributed by atoms with Crippen LogP contribution in [0.25, 0.3) is 0 Å². The molecule has 0 unspecified atom stereocenters. The Hall–Kier alpha value is -1.72. The fraction of sp³-hybridized carbons (Fsp3) is 0.529. The van der Waals surface area contributed by atoms with Crippen molar-refractivity contribution >= 4 is 0 Å². The molecule has 4 rings (SSSR count). The molecule has 1 aromatic heterocycles. The average Bonchev–Trinajstić information content (AvgIpc) is 3.01. The first kappa shape index (κ1) is 13.9. The second-order valence-electron chi connectivity index (χ2n) is 6.34. The molecule has 2 aromatic rings. The minimum absolute atomic E-state index is 0.575. The fourth-order valence-corrected chi connectivity index (χ4v) is 3.61. The van der Waals surface area contributed by atoms with Crippen LogP contribution in [0.15, 0.2) is 30.3 Å². The number of rotatable bonds is 3. The molecule has 5 nitrogen and oxygen atoms in total. The quantitative estimate of drug-likeness (QED) is 0.938. The first-order chi connectivity index (χ1) is 10.9. The van der Waals surface area contributed by atoms with E-state index < -0.39 is 0 Å². The Morgan fingerprint density at radius 2 is 1.86 bits per heavy atom. The van der Waals surface area contributed by atoms with E-state index in [4.69, 9.17) is 0 Å². The molecule has 1 saturated heterocycles. The topological polar surface area (TPSA) is 46.0 Å². The van der Waals surface area contributed by atoms with Crippen LogP contribution in [-0.2, 0) is 19.6 Å². The summed E-state index contributed by atoms with van der Waals surface area (Å²) >= 11 is 0. The molecule has 2 aliphatic rings. The minimum Gasteiger partial charge on any atom is -0.312 e. The van der Waals surface area contributed by atoms with E-state index in [1.165, 1.54) is 24.2 Å². The SMILES string of the molecule is c1ccc(CN2CCC(c3nnc4n3CCNC4)CC2)cc1. The zero-order valence-corrected chi connectivity index (χ0v) is 12.9. The second-order valence-corrected chi connectivity index (χ2v) is 6.34. The summed E-state index contributed by atoms with van der Waals surface area (Å²) in [7, 11) is 0. The summed E-state index contributed by atoms with van der Waals surface area (Å²) in [4.78, 5) is 2.56. The van der Waals surface area contributed by atoms with Crippen LogP contribution in [0, 0.1) is 0 Å². The van der Waals surface area contributed by atoms with Crippen LogP contribution >= 0.6 is 0 Å².